The van der Waals surface area contributed by atoms with Crippen molar-refractivity contribution in [3.8, 4) is 5.82 Å². The lowest BCUT2D eigenvalue weighted by Gasteiger charge is -2.11. The summed E-state index contributed by atoms with van der Waals surface area (Å²) in [6, 6.07) is 1.84. The molecular formula is C15H19N5O2S. The molecule has 0 spiro atoms. The van der Waals surface area contributed by atoms with Crippen molar-refractivity contribution < 1.29 is 9.90 Å². The standard InChI is InChI=1S/C15H19N5O2S/c1-5-15(13(21)22)7-10(15)11-6-12(18-14(17-11)23-4)20-9(3)16-8(2)19-20/h6,10H,5,7H2,1-4H3,(H,21,22). The van der Waals surface area contributed by atoms with E-state index in [9.17, 15) is 9.90 Å². The van der Waals surface area contributed by atoms with Crippen molar-refractivity contribution in [2.24, 2.45) is 5.41 Å². The van der Waals surface area contributed by atoms with E-state index in [0.29, 0.717) is 29.6 Å². The largest absolute Gasteiger partial charge is 0.481 e. The average molecular weight is 333 g/mol. The molecule has 1 fully saturated rings. The Morgan fingerprint density at radius 3 is 2.65 bits per heavy atom. The van der Waals surface area contributed by atoms with Gasteiger partial charge in [-0.25, -0.2) is 15.0 Å². The predicted octanol–water partition coefficient (Wildman–Crippen LogP) is 2.36. The SMILES string of the molecule is CCC1(C(=O)O)CC1c1cc(-n2nc(C)nc2C)nc(SC)n1. The number of thioether (sulfide) groups is 1. The van der Waals surface area contributed by atoms with E-state index in [-0.39, 0.29) is 5.92 Å². The van der Waals surface area contributed by atoms with Gasteiger partial charge in [0.05, 0.1) is 11.1 Å². The Morgan fingerprint density at radius 1 is 1.43 bits per heavy atom. The van der Waals surface area contributed by atoms with Crippen molar-refractivity contribution in [1.29, 1.82) is 0 Å². The first-order valence-corrected chi connectivity index (χ1v) is 8.70. The quantitative estimate of drug-likeness (QED) is 0.663. The molecule has 0 amide bonds. The smallest absolute Gasteiger partial charge is 0.310 e. The van der Waals surface area contributed by atoms with Crippen LogP contribution in [0.3, 0.4) is 0 Å². The van der Waals surface area contributed by atoms with Crippen LogP contribution in [0.4, 0.5) is 0 Å². The number of carboxylic acid groups (broad SMARTS) is 1. The molecule has 0 bridgehead atoms. The Kier molecular flexibility index (Phi) is 3.87. The highest BCUT2D eigenvalue weighted by Gasteiger charge is 2.60. The third kappa shape index (κ3) is 2.60. The van der Waals surface area contributed by atoms with Crippen LogP contribution < -0.4 is 0 Å². The molecule has 0 saturated heterocycles. The van der Waals surface area contributed by atoms with E-state index < -0.39 is 11.4 Å². The van der Waals surface area contributed by atoms with Crippen molar-refractivity contribution in [1.82, 2.24) is 24.7 Å². The number of aliphatic carboxylic acids is 1. The van der Waals surface area contributed by atoms with Crippen molar-refractivity contribution in [3.05, 3.63) is 23.4 Å². The summed E-state index contributed by atoms with van der Waals surface area (Å²) in [6.07, 6.45) is 3.13. The highest BCUT2D eigenvalue weighted by molar-refractivity contribution is 7.98. The molecule has 0 aliphatic heterocycles. The first kappa shape index (κ1) is 15.9. The molecule has 2 heterocycles. The molecule has 1 N–H and O–H groups in total. The summed E-state index contributed by atoms with van der Waals surface area (Å²) in [5.74, 6) is 1.24. The van der Waals surface area contributed by atoms with Gasteiger partial charge in [-0.2, -0.15) is 4.68 Å². The lowest BCUT2D eigenvalue weighted by Crippen LogP contribution is -2.16. The van der Waals surface area contributed by atoms with Crippen LogP contribution in [-0.2, 0) is 4.79 Å². The van der Waals surface area contributed by atoms with Gasteiger partial charge in [0.1, 0.15) is 11.6 Å². The topological polar surface area (TPSA) is 93.8 Å². The fourth-order valence-corrected chi connectivity index (χ4v) is 3.40. The number of carboxylic acids is 1. The zero-order chi connectivity index (χ0) is 16.8. The van der Waals surface area contributed by atoms with Crippen LogP contribution in [0.15, 0.2) is 11.2 Å². The Hall–Kier alpha value is -1.96. The number of hydrogen-bond acceptors (Lipinski definition) is 6. The van der Waals surface area contributed by atoms with E-state index in [4.69, 9.17) is 0 Å². The maximum atomic E-state index is 11.6. The summed E-state index contributed by atoms with van der Waals surface area (Å²) in [6.45, 7) is 5.61. The Balaban J connectivity index is 2.05. The molecule has 1 aliphatic carbocycles. The summed E-state index contributed by atoms with van der Waals surface area (Å²) in [4.78, 5) is 24.9. The van der Waals surface area contributed by atoms with Crippen LogP contribution in [0.2, 0.25) is 0 Å². The first-order chi connectivity index (χ1) is 10.9. The summed E-state index contributed by atoms with van der Waals surface area (Å²) in [5.41, 5.74) is 0.0883. The molecule has 2 atom stereocenters. The second-order valence-corrected chi connectivity index (χ2v) is 6.60. The fourth-order valence-electron chi connectivity index (χ4n) is 3.02. The van der Waals surface area contributed by atoms with Gasteiger partial charge in [-0.3, -0.25) is 4.79 Å². The molecule has 3 rings (SSSR count). The number of hydrogen-bond donors (Lipinski definition) is 1. The fraction of sp³-hybridized carbons (Fsp3) is 0.533. The van der Waals surface area contributed by atoms with E-state index in [0.717, 1.165) is 11.5 Å². The van der Waals surface area contributed by atoms with Crippen LogP contribution in [0, 0.1) is 19.3 Å². The van der Waals surface area contributed by atoms with Crippen molar-refractivity contribution in [3.63, 3.8) is 0 Å². The third-order valence-electron chi connectivity index (χ3n) is 4.48. The lowest BCUT2D eigenvalue weighted by molar-refractivity contribution is -0.143. The van der Waals surface area contributed by atoms with Gasteiger partial charge in [-0.15, -0.1) is 5.10 Å². The van der Waals surface area contributed by atoms with Gasteiger partial charge in [0.2, 0.25) is 0 Å². The number of rotatable bonds is 5. The molecule has 23 heavy (non-hydrogen) atoms. The Morgan fingerprint density at radius 2 is 2.17 bits per heavy atom. The zero-order valence-corrected chi connectivity index (χ0v) is 14.4. The summed E-state index contributed by atoms with van der Waals surface area (Å²) < 4.78 is 1.68. The first-order valence-electron chi connectivity index (χ1n) is 7.48. The monoisotopic (exact) mass is 333 g/mol. The Bertz CT molecular complexity index is 775. The molecule has 2 aromatic rings. The molecule has 2 aromatic heterocycles. The number of aryl methyl sites for hydroxylation is 2. The zero-order valence-electron chi connectivity index (χ0n) is 13.6. The van der Waals surface area contributed by atoms with Crippen LogP contribution in [0.5, 0.6) is 0 Å². The van der Waals surface area contributed by atoms with Crippen molar-refractivity contribution in [2.45, 2.75) is 44.7 Å². The van der Waals surface area contributed by atoms with Gasteiger partial charge in [-0.05, 0) is 32.9 Å². The van der Waals surface area contributed by atoms with Crippen LogP contribution in [0.25, 0.3) is 5.82 Å². The summed E-state index contributed by atoms with van der Waals surface area (Å²) in [5, 5.41) is 14.5. The predicted molar refractivity (Wildman–Crippen MR) is 85.9 cm³/mol. The number of carbonyl (C=O) groups is 1. The lowest BCUT2D eigenvalue weighted by atomic mass is 9.99. The van der Waals surface area contributed by atoms with Crippen LogP contribution >= 0.6 is 11.8 Å². The molecule has 8 heteroatoms. The van der Waals surface area contributed by atoms with E-state index in [1.54, 1.807) is 4.68 Å². The van der Waals surface area contributed by atoms with Crippen LogP contribution in [0.1, 0.15) is 43.0 Å². The maximum absolute atomic E-state index is 11.6. The number of nitrogens with zero attached hydrogens (tertiary/aromatic N) is 5. The van der Waals surface area contributed by atoms with Gasteiger partial charge >= 0.3 is 5.97 Å². The molecular weight excluding hydrogens is 314 g/mol. The molecule has 2 unspecified atom stereocenters. The molecule has 1 aliphatic rings. The van der Waals surface area contributed by atoms with Crippen LogP contribution in [-0.4, -0.2) is 42.1 Å². The van der Waals surface area contributed by atoms with Crippen molar-refractivity contribution >= 4 is 17.7 Å². The van der Waals surface area contributed by atoms with Crippen molar-refractivity contribution in [2.75, 3.05) is 6.26 Å². The van der Waals surface area contributed by atoms with Gasteiger partial charge in [0.15, 0.2) is 11.0 Å². The van der Waals surface area contributed by atoms with E-state index in [1.165, 1.54) is 11.8 Å². The summed E-state index contributed by atoms with van der Waals surface area (Å²) >= 11 is 1.43. The summed E-state index contributed by atoms with van der Waals surface area (Å²) in [7, 11) is 0. The van der Waals surface area contributed by atoms with E-state index in [1.807, 2.05) is 33.1 Å². The van der Waals surface area contributed by atoms with Gasteiger partial charge in [0.25, 0.3) is 0 Å². The number of aromatic nitrogens is 5. The van der Waals surface area contributed by atoms with Gasteiger partial charge in [-0.1, -0.05) is 18.7 Å². The Labute approximate surface area is 138 Å². The minimum Gasteiger partial charge on any atom is -0.481 e. The highest BCUT2D eigenvalue weighted by atomic mass is 32.2. The minimum absolute atomic E-state index is 0.0671. The maximum Gasteiger partial charge on any atom is 0.310 e. The molecule has 7 nitrogen and oxygen atoms in total. The van der Waals surface area contributed by atoms with E-state index in [2.05, 4.69) is 20.1 Å². The molecule has 0 aromatic carbocycles. The molecule has 0 radical (unpaired) electrons. The molecule has 1 saturated carbocycles. The highest BCUT2D eigenvalue weighted by Crippen LogP contribution is 2.61. The van der Waals surface area contributed by atoms with Gasteiger partial charge in [0, 0.05) is 12.0 Å². The third-order valence-corrected chi connectivity index (χ3v) is 5.02. The average Bonchev–Trinajstić information content (AvgIpc) is 3.19. The van der Waals surface area contributed by atoms with E-state index >= 15 is 0 Å². The minimum atomic E-state index is -0.747. The second kappa shape index (κ2) is 5.59. The second-order valence-electron chi connectivity index (χ2n) is 5.83. The normalized spacial score (nSPS) is 23.0. The molecule has 122 valence electrons. The van der Waals surface area contributed by atoms with Gasteiger partial charge < -0.3 is 5.11 Å².